The number of rotatable bonds is 8. The quantitative estimate of drug-likeness (QED) is 0.533. The molecule has 0 aliphatic heterocycles. The van der Waals surface area contributed by atoms with Crippen LogP contribution in [0, 0.1) is 5.92 Å². The summed E-state index contributed by atoms with van der Waals surface area (Å²) < 4.78 is 12.0. The van der Waals surface area contributed by atoms with Crippen molar-refractivity contribution >= 4 is 17.6 Å². The van der Waals surface area contributed by atoms with E-state index >= 15 is 0 Å². The Hall–Kier alpha value is -3.61. The zero-order valence-electron chi connectivity index (χ0n) is 18.2. The number of aromatic nitrogens is 2. The maximum atomic E-state index is 12.3. The minimum Gasteiger partial charge on any atom is -0.497 e. The fourth-order valence-corrected chi connectivity index (χ4v) is 3.02. The summed E-state index contributed by atoms with van der Waals surface area (Å²) in [6.07, 6.45) is 0.763. The summed E-state index contributed by atoms with van der Waals surface area (Å²) >= 11 is 0. The zero-order valence-corrected chi connectivity index (χ0v) is 18.2. The van der Waals surface area contributed by atoms with E-state index in [1.165, 1.54) is 0 Å². The maximum Gasteiger partial charge on any atom is 0.358 e. The molecule has 0 radical (unpaired) electrons. The highest BCUT2D eigenvalue weighted by Gasteiger charge is 2.18. The Morgan fingerprint density at radius 1 is 1.10 bits per heavy atom. The highest BCUT2D eigenvalue weighted by Crippen LogP contribution is 2.28. The molecule has 2 aromatic carbocycles. The molecule has 1 aromatic heterocycles. The monoisotopic (exact) mass is 421 g/mol. The van der Waals surface area contributed by atoms with Gasteiger partial charge in [-0.2, -0.15) is 5.10 Å². The van der Waals surface area contributed by atoms with Crippen LogP contribution in [0.1, 0.15) is 37.7 Å². The van der Waals surface area contributed by atoms with Crippen molar-refractivity contribution in [3.8, 4) is 22.7 Å². The predicted molar refractivity (Wildman–Crippen MR) is 120 cm³/mol. The van der Waals surface area contributed by atoms with Crippen molar-refractivity contribution in [3.63, 3.8) is 0 Å². The van der Waals surface area contributed by atoms with Crippen LogP contribution in [0.3, 0.4) is 0 Å². The molecule has 0 spiro atoms. The van der Waals surface area contributed by atoms with E-state index in [9.17, 15) is 9.59 Å². The second-order valence-electron chi connectivity index (χ2n) is 7.12. The van der Waals surface area contributed by atoms with Crippen molar-refractivity contribution in [1.29, 1.82) is 0 Å². The van der Waals surface area contributed by atoms with Gasteiger partial charge in [0.05, 0.1) is 25.1 Å². The van der Waals surface area contributed by atoms with Gasteiger partial charge in [-0.05, 0) is 55.8 Å². The first-order valence-corrected chi connectivity index (χ1v) is 10.3. The third kappa shape index (κ3) is 5.12. The van der Waals surface area contributed by atoms with Gasteiger partial charge < -0.3 is 14.8 Å². The molecule has 0 aliphatic rings. The number of amides is 1. The summed E-state index contributed by atoms with van der Waals surface area (Å²) in [6, 6.07) is 16.5. The van der Waals surface area contributed by atoms with Crippen LogP contribution in [-0.4, -0.2) is 35.4 Å². The lowest BCUT2D eigenvalue weighted by molar-refractivity contribution is -0.119. The van der Waals surface area contributed by atoms with Crippen molar-refractivity contribution in [3.05, 3.63) is 60.3 Å². The van der Waals surface area contributed by atoms with Gasteiger partial charge in [0.2, 0.25) is 5.91 Å². The van der Waals surface area contributed by atoms with Crippen LogP contribution in [0.15, 0.2) is 54.6 Å². The topological polar surface area (TPSA) is 82.5 Å². The van der Waals surface area contributed by atoms with Crippen molar-refractivity contribution in [1.82, 2.24) is 9.78 Å². The molecule has 0 aliphatic carbocycles. The number of hydrogen-bond donors (Lipinski definition) is 1. The van der Waals surface area contributed by atoms with Gasteiger partial charge in [-0.25, -0.2) is 9.48 Å². The van der Waals surface area contributed by atoms with Crippen LogP contribution >= 0.6 is 0 Å². The van der Waals surface area contributed by atoms with Gasteiger partial charge in [-0.15, -0.1) is 0 Å². The van der Waals surface area contributed by atoms with Crippen molar-refractivity contribution in [2.24, 2.45) is 5.92 Å². The second kappa shape index (κ2) is 9.93. The molecule has 162 valence electrons. The molecule has 3 aromatic rings. The van der Waals surface area contributed by atoms with Gasteiger partial charge in [0.25, 0.3) is 0 Å². The minimum atomic E-state index is -0.489. The number of hydrogen-bond acceptors (Lipinski definition) is 5. The second-order valence-corrected chi connectivity index (χ2v) is 7.12. The van der Waals surface area contributed by atoms with E-state index in [0.717, 1.165) is 23.4 Å². The van der Waals surface area contributed by atoms with Crippen LogP contribution in [-0.2, 0) is 9.53 Å². The molecule has 7 heteroatoms. The summed E-state index contributed by atoms with van der Waals surface area (Å²) in [5.74, 6) is 0.120. The van der Waals surface area contributed by atoms with E-state index < -0.39 is 5.97 Å². The molecule has 7 nitrogen and oxygen atoms in total. The number of carbonyl (C=O) groups excluding carboxylic acids is 2. The van der Waals surface area contributed by atoms with Crippen LogP contribution in [0.25, 0.3) is 16.9 Å². The largest absolute Gasteiger partial charge is 0.497 e. The lowest BCUT2D eigenvalue weighted by Gasteiger charge is -2.12. The van der Waals surface area contributed by atoms with E-state index in [-0.39, 0.29) is 24.1 Å². The van der Waals surface area contributed by atoms with Crippen LogP contribution in [0.4, 0.5) is 5.69 Å². The highest BCUT2D eigenvalue weighted by atomic mass is 16.5. The van der Waals surface area contributed by atoms with E-state index in [0.29, 0.717) is 11.4 Å². The van der Waals surface area contributed by atoms with E-state index in [2.05, 4.69) is 10.4 Å². The molecule has 1 N–H and O–H groups in total. The lowest BCUT2D eigenvalue weighted by atomic mass is 10.1. The van der Waals surface area contributed by atoms with Crippen LogP contribution in [0.2, 0.25) is 0 Å². The number of ether oxygens (including phenoxy) is 2. The highest BCUT2D eigenvalue weighted by molar-refractivity contribution is 5.93. The number of benzene rings is 2. The first-order chi connectivity index (χ1) is 15.0. The molecule has 1 unspecified atom stereocenters. The normalized spacial score (nSPS) is 11.6. The Morgan fingerprint density at radius 3 is 2.48 bits per heavy atom. The molecular weight excluding hydrogens is 394 g/mol. The number of nitrogens with one attached hydrogen (secondary N) is 1. The first-order valence-electron chi connectivity index (χ1n) is 10.3. The number of anilines is 1. The van der Waals surface area contributed by atoms with Crippen LogP contribution in [0.5, 0.6) is 5.75 Å². The van der Waals surface area contributed by atoms with Gasteiger partial charge in [0.1, 0.15) is 5.75 Å². The molecular formula is C24H27N3O4. The summed E-state index contributed by atoms with van der Waals surface area (Å²) in [7, 11) is 1.60. The maximum absolute atomic E-state index is 12.3. The lowest BCUT2D eigenvalue weighted by Crippen LogP contribution is -2.19. The molecule has 0 saturated carbocycles. The van der Waals surface area contributed by atoms with E-state index in [1.807, 2.05) is 62.4 Å². The fraction of sp³-hybridized carbons (Fsp3) is 0.292. The van der Waals surface area contributed by atoms with E-state index in [1.54, 1.807) is 24.8 Å². The van der Waals surface area contributed by atoms with E-state index in [4.69, 9.17) is 9.47 Å². The Balaban J connectivity index is 2.03. The Morgan fingerprint density at radius 2 is 1.84 bits per heavy atom. The molecule has 0 bridgehead atoms. The molecule has 31 heavy (non-hydrogen) atoms. The third-order valence-electron chi connectivity index (χ3n) is 5.00. The fourth-order valence-electron chi connectivity index (χ4n) is 3.02. The number of carbonyl (C=O) groups is 2. The summed E-state index contributed by atoms with van der Waals surface area (Å²) in [5, 5.41) is 7.43. The Bertz CT molecular complexity index is 1060. The first kappa shape index (κ1) is 22.1. The Kier molecular flexibility index (Phi) is 7.07. The summed E-state index contributed by atoms with van der Waals surface area (Å²) in [4.78, 5) is 24.6. The summed E-state index contributed by atoms with van der Waals surface area (Å²) in [5.41, 5.74) is 3.17. The standard InChI is InChI=1S/C24H27N3O4/c1-5-16(3)23(28)25-18-9-7-8-17(14-18)22-15-21(24(29)31-6-2)26-27(22)19-10-12-20(30-4)13-11-19/h7-16H,5-6H2,1-4H3,(H,25,28). The number of esters is 1. The zero-order chi connectivity index (χ0) is 22.4. The van der Waals surface area contributed by atoms with Crippen molar-refractivity contribution < 1.29 is 19.1 Å². The van der Waals surface area contributed by atoms with Gasteiger partial charge in [-0.3, -0.25) is 4.79 Å². The number of methoxy groups -OCH3 is 1. The van der Waals surface area contributed by atoms with Gasteiger partial charge >= 0.3 is 5.97 Å². The van der Waals surface area contributed by atoms with Gasteiger partial charge in [0, 0.05) is 17.2 Å². The minimum absolute atomic E-state index is 0.0319. The van der Waals surface area contributed by atoms with Crippen molar-refractivity contribution in [2.75, 3.05) is 19.0 Å². The molecule has 1 amide bonds. The average Bonchev–Trinajstić information content (AvgIpc) is 3.24. The summed E-state index contributed by atoms with van der Waals surface area (Å²) in [6.45, 7) is 5.89. The van der Waals surface area contributed by atoms with Crippen molar-refractivity contribution in [2.45, 2.75) is 27.2 Å². The molecule has 0 fully saturated rings. The molecule has 0 saturated heterocycles. The average molecular weight is 421 g/mol. The SMILES string of the molecule is CCOC(=O)c1cc(-c2cccc(NC(=O)C(C)CC)c2)n(-c2ccc(OC)cc2)n1. The van der Waals surface area contributed by atoms with Crippen LogP contribution < -0.4 is 10.1 Å². The Labute approximate surface area is 182 Å². The molecule has 1 atom stereocenters. The smallest absolute Gasteiger partial charge is 0.358 e. The number of nitrogens with zero attached hydrogens (tertiary/aromatic N) is 2. The predicted octanol–water partition coefficient (Wildman–Crippen LogP) is 4.71. The molecule has 3 rings (SSSR count). The third-order valence-corrected chi connectivity index (χ3v) is 5.00. The van der Waals surface area contributed by atoms with Gasteiger partial charge in [0.15, 0.2) is 5.69 Å². The van der Waals surface area contributed by atoms with Gasteiger partial charge in [-0.1, -0.05) is 26.0 Å². The molecule has 1 heterocycles.